The molecule has 0 spiro atoms. The predicted molar refractivity (Wildman–Crippen MR) is 163 cm³/mol. The summed E-state index contributed by atoms with van der Waals surface area (Å²) in [4.78, 5) is 28.6. The molecule has 8 nitrogen and oxygen atoms in total. The molecule has 0 radical (unpaired) electrons. The van der Waals surface area contributed by atoms with Gasteiger partial charge in [0.05, 0.1) is 15.6 Å². The van der Waals surface area contributed by atoms with Crippen LogP contribution in [0.3, 0.4) is 0 Å². The summed E-state index contributed by atoms with van der Waals surface area (Å²) in [7, 11) is 0. The van der Waals surface area contributed by atoms with Crippen LogP contribution in [0.2, 0.25) is 5.02 Å². The summed E-state index contributed by atoms with van der Waals surface area (Å²) in [6.07, 6.45) is 4.33. The number of benzene rings is 2. The lowest BCUT2D eigenvalue weighted by Crippen LogP contribution is -2.46. The molecule has 2 aromatic carbocycles. The van der Waals surface area contributed by atoms with Crippen molar-refractivity contribution in [1.82, 2.24) is 9.80 Å². The number of hydrogen-bond donors (Lipinski definition) is 2. The summed E-state index contributed by atoms with van der Waals surface area (Å²) in [5.74, 6) is 5.58. The predicted octanol–water partition coefficient (Wildman–Crippen LogP) is 6.04. The Morgan fingerprint density at radius 1 is 1.25 bits per heavy atom. The van der Waals surface area contributed by atoms with E-state index in [1.807, 2.05) is 30.9 Å². The number of carboxylic acids is 1. The molecule has 1 atom stereocenters. The first-order chi connectivity index (χ1) is 19.2. The Balaban J connectivity index is 1.72. The highest BCUT2D eigenvalue weighted by Crippen LogP contribution is 2.31. The molecule has 1 saturated heterocycles. The highest BCUT2D eigenvalue weighted by Gasteiger charge is 2.28. The maximum absolute atomic E-state index is 13.4. The van der Waals surface area contributed by atoms with E-state index in [2.05, 4.69) is 18.6 Å². The molecule has 0 bridgehead atoms. The number of hydrogen-bond acceptors (Lipinski definition) is 7. The van der Waals surface area contributed by atoms with E-state index in [4.69, 9.17) is 22.2 Å². The number of unbranched alkanes of at least 4 members (excludes halogenated alkanes) is 1. The van der Waals surface area contributed by atoms with E-state index in [1.54, 1.807) is 29.2 Å². The third-order valence-electron chi connectivity index (χ3n) is 6.95. The van der Waals surface area contributed by atoms with Gasteiger partial charge >= 0.3 is 5.97 Å². The van der Waals surface area contributed by atoms with Gasteiger partial charge in [0.1, 0.15) is 23.4 Å². The van der Waals surface area contributed by atoms with Crippen LogP contribution in [0.5, 0.6) is 5.75 Å². The molecule has 1 heterocycles. The normalized spacial score (nSPS) is 16.0. The maximum atomic E-state index is 13.4. The Hall–Kier alpha value is -3.01. The summed E-state index contributed by atoms with van der Waals surface area (Å²) in [5, 5.41) is 15.0. The molecule has 40 heavy (non-hydrogen) atoms. The Morgan fingerprint density at radius 3 is 2.58 bits per heavy atom. The number of rotatable bonds is 12. The molecule has 0 aliphatic carbocycles. The number of piperidine rings is 1. The Kier molecular flexibility index (Phi) is 11.9. The van der Waals surface area contributed by atoms with Gasteiger partial charge in [0.25, 0.3) is 5.91 Å². The van der Waals surface area contributed by atoms with Gasteiger partial charge in [-0.25, -0.2) is 0 Å². The molecule has 3 rings (SSSR count). The standard InChI is InChI=1S/C30H39ClN4O4S/c1-5-6-15-35(29(36)24-11-7-8-12-25(24)31)22(4)40-28(33-32)23-18-20(2)27(21(3)19-23)39-17-16-34-14-10-9-13-26(34)30(37)38/h7-8,11-12,18-19,26H,4-6,9-10,13-17,32H2,1-3H3,(H,37,38)/b33-28-. The Labute approximate surface area is 246 Å². The highest BCUT2D eigenvalue weighted by molar-refractivity contribution is 8.17. The van der Waals surface area contributed by atoms with Gasteiger partial charge in [-0.2, -0.15) is 5.10 Å². The van der Waals surface area contributed by atoms with Crippen molar-refractivity contribution in [3.8, 4) is 5.75 Å². The van der Waals surface area contributed by atoms with Gasteiger partial charge in [0.15, 0.2) is 0 Å². The van der Waals surface area contributed by atoms with Crippen molar-refractivity contribution in [2.24, 2.45) is 10.9 Å². The largest absolute Gasteiger partial charge is 0.492 e. The van der Waals surface area contributed by atoms with Crippen molar-refractivity contribution >= 4 is 40.3 Å². The van der Waals surface area contributed by atoms with Crippen molar-refractivity contribution in [2.75, 3.05) is 26.2 Å². The minimum absolute atomic E-state index is 0.220. The molecule has 216 valence electrons. The molecule has 1 unspecified atom stereocenters. The fraction of sp³-hybridized carbons (Fsp3) is 0.433. The molecule has 10 heteroatoms. The van der Waals surface area contributed by atoms with Gasteiger partial charge in [0, 0.05) is 18.7 Å². The zero-order valence-electron chi connectivity index (χ0n) is 23.5. The first-order valence-electron chi connectivity index (χ1n) is 13.6. The van der Waals surface area contributed by atoms with Gasteiger partial charge in [-0.3, -0.25) is 14.5 Å². The molecule has 0 aromatic heterocycles. The number of nitrogens with zero attached hydrogens (tertiary/aromatic N) is 3. The summed E-state index contributed by atoms with van der Waals surface area (Å²) in [5.41, 5.74) is 3.02. The van der Waals surface area contributed by atoms with Crippen LogP contribution >= 0.6 is 23.4 Å². The van der Waals surface area contributed by atoms with Gasteiger partial charge in [-0.05, 0) is 75.0 Å². The minimum atomic E-state index is -0.772. The van der Waals surface area contributed by atoms with E-state index >= 15 is 0 Å². The topological polar surface area (TPSA) is 108 Å². The van der Waals surface area contributed by atoms with E-state index < -0.39 is 12.0 Å². The molecular formula is C30H39ClN4O4S. The molecule has 1 amide bonds. The second-order valence-corrected chi connectivity index (χ2v) is 11.4. The number of thioether (sulfide) groups is 1. The third-order valence-corrected chi connectivity index (χ3v) is 8.27. The van der Waals surface area contributed by atoms with Crippen LogP contribution in [0.15, 0.2) is 53.1 Å². The number of nitrogens with two attached hydrogens (primary N) is 1. The van der Waals surface area contributed by atoms with Crippen LogP contribution in [0.4, 0.5) is 0 Å². The average molecular weight is 587 g/mol. The van der Waals surface area contributed by atoms with Crippen molar-refractivity contribution < 1.29 is 19.4 Å². The first kappa shape index (κ1) is 31.5. The van der Waals surface area contributed by atoms with Gasteiger partial charge in [-0.15, -0.1) is 0 Å². The third kappa shape index (κ3) is 8.02. The second-order valence-electron chi connectivity index (χ2n) is 9.89. The quantitative estimate of drug-likeness (QED) is 0.135. The highest BCUT2D eigenvalue weighted by atomic mass is 35.5. The average Bonchev–Trinajstić information content (AvgIpc) is 2.93. The van der Waals surface area contributed by atoms with Crippen LogP contribution in [0.1, 0.15) is 66.1 Å². The molecular weight excluding hydrogens is 548 g/mol. The smallest absolute Gasteiger partial charge is 0.320 e. The van der Waals surface area contributed by atoms with Crippen LogP contribution in [-0.2, 0) is 4.79 Å². The molecule has 1 fully saturated rings. The lowest BCUT2D eigenvalue weighted by atomic mass is 10.0. The Morgan fingerprint density at radius 2 is 1.95 bits per heavy atom. The second kappa shape index (κ2) is 15.1. The zero-order chi connectivity index (χ0) is 29.2. The van der Waals surface area contributed by atoms with Gasteiger partial charge in [-0.1, -0.05) is 61.8 Å². The Bertz CT molecular complexity index is 1230. The first-order valence-corrected chi connectivity index (χ1v) is 14.8. The summed E-state index contributed by atoms with van der Waals surface area (Å²) in [6.45, 7) is 12.4. The number of aryl methyl sites for hydroxylation is 2. The zero-order valence-corrected chi connectivity index (χ0v) is 25.1. The van der Waals surface area contributed by atoms with Crippen molar-refractivity contribution in [3.63, 3.8) is 0 Å². The van der Waals surface area contributed by atoms with Gasteiger partial charge < -0.3 is 20.6 Å². The van der Waals surface area contributed by atoms with Crippen LogP contribution < -0.4 is 10.6 Å². The van der Waals surface area contributed by atoms with E-state index in [9.17, 15) is 14.7 Å². The van der Waals surface area contributed by atoms with Crippen molar-refractivity contribution in [3.05, 3.63) is 75.3 Å². The number of carboxylic acid groups (broad SMARTS) is 1. The maximum Gasteiger partial charge on any atom is 0.320 e. The van der Waals surface area contributed by atoms with Crippen molar-refractivity contribution in [2.45, 2.75) is 58.9 Å². The van der Waals surface area contributed by atoms with E-state index in [0.29, 0.717) is 46.8 Å². The lowest BCUT2D eigenvalue weighted by Gasteiger charge is -2.32. The van der Waals surface area contributed by atoms with Crippen LogP contribution in [0, 0.1) is 13.8 Å². The van der Waals surface area contributed by atoms with E-state index in [0.717, 1.165) is 54.7 Å². The fourth-order valence-electron chi connectivity index (χ4n) is 4.87. The number of halogens is 1. The monoisotopic (exact) mass is 586 g/mol. The van der Waals surface area contributed by atoms with E-state index in [-0.39, 0.29) is 5.91 Å². The number of ether oxygens (including phenoxy) is 1. The van der Waals surface area contributed by atoms with Crippen LogP contribution in [0.25, 0.3) is 0 Å². The SMILES string of the molecule is C=C(S/C(=N\N)c1cc(C)c(OCCN2CCCCC2C(=O)O)c(C)c1)N(CCCC)C(=O)c1ccccc1Cl. The van der Waals surface area contributed by atoms with E-state index in [1.165, 1.54) is 11.8 Å². The number of likely N-dealkylation sites (tertiary alicyclic amines) is 1. The number of carbonyl (C=O) groups is 2. The number of carbonyl (C=O) groups excluding carboxylic acids is 1. The van der Waals surface area contributed by atoms with Gasteiger partial charge in [0.2, 0.25) is 0 Å². The van der Waals surface area contributed by atoms with Crippen LogP contribution in [-0.4, -0.2) is 64.1 Å². The molecule has 1 aliphatic heterocycles. The molecule has 1 aliphatic rings. The summed E-state index contributed by atoms with van der Waals surface area (Å²) in [6, 6.07) is 10.4. The summed E-state index contributed by atoms with van der Waals surface area (Å²) < 4.78 is 6.13. The molecule has 0 saturated carbocycles. The minimum Gasteiger partial charge on any atom is -0.492 e. The summed E-state index contributed by atoms with van der Waals surface area (Å²) >= 11 is 7.55. The molecule has 3 N–H and O–H groups in total. The number of amides is 1. The lowest BCUT2D eigenvalue weighted by molar-refractivity contribution is -0.144. The number of aliphatic carboxylic acids is 1. The fourth-order valence-corrected chi connectivity index (χ4v) is 5.88. The molecule has 2 aromatic rings. The number of hydrazone groups is 1. The van der Waals surface area contributed by atoms with Crippen molar-refractivity contribution in [1.29, 1.82) is 0 Å².